The van der Waals surface area contributed by atoms with Gasteiger partial charge in [0, 0.05) is 29.2 Å². The number of aromatic nitrogens is 1. The summed E-state index contributed by atoms with van der Waals surface area (Å²) in [4.78, 5) is 4.08. The zero-order valence-electron chi connectivity index (χ0n) is 6.91. The van der Waals surface area contributed by atoms with Gasteiger partial charge in [-0.2, -0.15) is 4.51 Å². The fourth-order valence-corrected chi connectivity index (χ4v) is 1.62. The van der Waals surface area contributed by atoms with E-state index in [1.165, 1.54) is 11.8 Å². The maximum Gasteiger partial charge on any atom is 0.118 e. The lowest BCUT2D eigenvalue weighted by atomic mass is 10.2. The van der Waals surface area contributed by atoms with E-state index in [2.05, 4.69) is 9.50 Å². The first-order chi connectivity index (χ1) is 5.77. The predicted molar refractivity (Wildman–Crippen MR) is 54.9 cm³/mol. The summed E-state index contributed by atoms with van der Waals surface area (Å²) in [6, 6.07) is 3.85. The van der Waals surface area contributed by atoms with Gasteiger partial charge in [-0.05, 0) is 25.3 Å². The van der Waals surface area contributed by atoms with E-state index in [4.69, 9.17) is 11.8 Å². The van der Waals surface area contributed by atoms with Gasteiger partial charge in [-0.1, -0.05) is 0 Å². The number of nitrogens with zero attached hydrogens (tertiary/aromatic N) is 2. The van der Waals surface area contributed by atoms with Crippen LogP contribution < -0.4 is 0 Å². The van der Waals surface area contributed by atoms with Crippen molar-refractivity contribution in [3.05, 3.63) is 29.6 Å². The Balaban J connectivity index is 3.02. The van der Waals surface area contributed by atoms with Crippen LogP contribution in [0.25, 0.3) is 0 Å². The quantitative estimate of drug-likeness (QED) is 0.515. The largest absolute Gasteiger partial charge is 0.262 e. The van der Waals surface area contributed by atoms with E-state index in [9.17, 15) is 0 Å². The third kappa shape index (κ3) is 2.22. The highest BCUT2D eigenvalue weighted by molar-refractivity contribution is 8.13. The Morgan fingerprint density at radius 3 is 2.92 bits per heavy atom. The molecule has 2 nitrogen and oxygen atoms in total. The summed E-state index contributed by atoms with van der Waals surface area (Å²) < 4.78 is 3.64. The molecule has 1 aromatic heterocycles. The van der Waals surface area contributed by atoms with Crippen LogP contribution in [-0.4, -0.2) is 16.3 Å². The SMILES string of the molecule is CS/C(=N/Cl)c1ccnc(C)c1. The van der Waals surface area contributed by atoms with Gasteiger partial charge >= 0.3 is 0 Å². The third-order valence-electron chi connectivity index (χ3n) is 1.41. The molecule has 0 aliphatic carbocycles. The van der Waals surface area contributed by atoms with Crippen LogP contribution in [0, 0.1) is 6.92 Å². The van der Waals surface area contributed by atoms with Crippen molar-refractivity contribution < 1.29 is 0 Å². The van der Waals surface area contributed by atoms with Crippen LogP contribution in [0.4, 0.5) is 0 Å². The second-order valence-corrected chi connectivity index (χ2v) is 3.24. The van der Waals surface area contributed by atoms with E-state index in [0.717, 1.165) is 16.3 Å². The Bertz CT molecular complexity index is 299. The second-order valence-electron chi connectivity index (χ2n) is 2.28. The lowest BCUT2D eigenvalue weighted by molar-refractivity contribution is 1.20. The Morgan fingerprint density at radius 1 is 1.67 bits per heavy atom. The van der Waals surface area contributed by atoms with Gasteiger partial charge in [0.05, 0.1) is 0 Å². The van der Waals surface area contributed by atoms with Crippen molar-refractivity contribution in [1.29, 1.82) is 0 Å². The summed E-state index contributed by atoms with van der Waals surface area (Å²) in [6.07, 6.45) is 3.69. The zero-order valence-corrected chi connectivity index (χ0v) is 8.49. The predicted octanol–water partition coefficient (Wildman–Crippen LogP) is 2.65. The van der Waals surface area contributed by atoms with Crippen LogP contribution in [0.15, 0.2) is 22.8 Å². The third-order valence-corrected chi connectivity index (χ3v) is 2.40. The standard InChI is InChI=1S/C8H9ClN2S/c1-6-5-7(3-4-10-6)8(11-9)12-2/h3-5H,1-2H3/b11-8+. The highest BCUT2D eigenvalue weighted by atomic mass is 35.5. The van der Waals surface area contributed by atoms with E-state index in [-0.39, 0.29) is 0 Å². The molecule has 0 aromatic carbocycles. The summed E-state index contributed by atoms with van der Waals surface area (Å²) in [7, 11) is 0. The molecule has 0 aliphatic rings. The van der Waals surface area contributed by atoms with Crippen molar-refractivity contribution in [1.82, 2.24) is 4.98 Å². The van der Waals surface area contributed by atoms with E-state index >= 15 is 0 Å². The molecule has 0 saturated heterocycles. The molecule has 1 rings (SSSR count). The van der Waals surface area contributed by atoms with E-state index in [1.54, 1.807) is 6.20 Å². The molecular weight excluding hydrogens is 192 g/mol. The molecule has 0 saturated carbocycles. The summed E-state index contributed by atoms with van der Waals surface area (Å²) in [5.41, 5.74) is 1.99. The average Bonchev–Trinajstić information content (AvgIpc) is 2.07. The first-order valence-corrected chi connectivity index (χ1v) is 5.00. The maximum absolute atomic E-state index is 5.40. The van der Waals surface area contributed by atoms with Crippen molar-refractivity contribution in [3.63, 3.8) is 0 Å². The lowest BCUT2D eigenvalue weighted by Crippen LogP contribution is -1.94. The molecule has 0 radical (unpaired) electrons. The smallest absolute Gasteiger partial charge is 0.118 e. The molecule has 0 spiro atoms. The molecule has 0 atom stereocenters. The Hall–Kier alpha value is -0.540. The van der Waals surface area contributed by atoms with Crippen molar-refractivity contribution >= 4 is 28.6 Å². The van der Waals surface area contributed by atoms with Crippen molar-refractivity contribution in [2.45, 2.75) is 6.92 Å². The second kappa shape index (κ2) is 4.48. The highest BCUT2D eigenvalue weighted by Gasteiger charge is 2.00. The average molecular weight is 201 g/mol. The van der Waals surface area contributed by atoms with Gasteiger partial charge in [0.1, 0.15) is 5.04 Å². The van der Waals surface area contributed by atoms with Crippen molar-refractivity contribution in [2.24, 2.45) is 4.51 Å². The summed E-state index contributed by atoms with van der Waals surface area (Å²) in [5, 5.41) is 0.821. The fourth-order valence-electron chi connectivity index (χ4n) is 0.880. The van der Waals surface area contributed by atoms with Gasteiger partial charge in [0.2, 0.25) is 0 Å². The van der Waals surface area contributed by atoms with Crippen LogP contribution in [0.5, 0.6) is 0 Å². The van der Waals surface area contributed by atoms with Crippen LogP contribution in [0.2, 0.25) is 0 Å². The Labute approximate surface area is 81.2 Å². The minimum atomic E-state index is 0.821. The molecular formula is C8H9ClN2S. The molecule has 1 aromatic rings. The van der Waals surface area contributed by atoms with Crippen LogP contribution >= 0.6 is 23.5 Å². The number of thioether (sulfide) groups is 1. The van der Waals surface area contributed by atoms with Crippen LogP contribution in [-0.2, 0) is 0 Å². The van der Waals surface area contributed by atoms with Gasteiger partial charge in [-0.25, -0.2) is 0 Å². The first kappa shape index (κ1) is 9.55. The number of rotatable bonds is 1. The molecule has 0 unspecified atom stereocenters. The molecule has 0 fully saturated rings. The van der Waals surface area contributed by atoms with Crippen molar-refractivity contribution in [3.8, 4) is 0 Å². The molecule has 1 heterocycles. The minimum absolute atomic E-state index is 0.821. The lowest BCUT2D eigenvalue weighted by Gasteiger charge is -2.00. The van der Waals surface area contributed by atoms with Crippen molar-refractivity contribution in [2.75, 3.05) is 6.26 Å². The summed E-state index contributed by atoms with van der Waals surface area (Å²) in [6.45, 7) is 1.94. The fraction of sp³-hybridized carbons (Fsp3) is 0.250. The summed E-state index contributed by atoms with van der Waals surface area (Å²) >= 11 is 6.92. The van der Waals surface area contributed by atoms with Crippen LogP contribution in [0.1, 0.15) is 11.3 Å². The molecule has 12 heavy (non-hydrogen) atoms. The molecule has 4 heteroatoms. The highest BCUT2D eigenvalue weighted by Crippen LogP contribution is 2.12. The van der Waals surface area contributed by atoms with E-state index in [1.807, 2.05) is 25.3 Å². The van der Waals surface area contributed by atoms with Gasteiger partial charge in [-0.3, -0.25) is 4.98 Å². The molecule has 0 N–H and O–H groups in total. The van der Waals surface area contributed by atoms with Gasteiger partial charge in [0.25, 0.3) is 0 Å². The number of aryl methyl sites for hydroxylation is 1. The Kier molecular flexibility index (Phi) is 3.56. The topological polar surface area (TPSA) is 25.2 Å². The number of hydrogen-bond acceptors (Lipinski definition) is 3. The maximum atomic E-state index is 5.40. The first-order valence-electron chi connectivity index (χ1n) is 3.44. The normalized spacial score (nSPS) is 11.8. The monoisotopic (exact) mass is 200 g/mol. The minimum Gasteiger partial charge on any atom is -0.262 e. The van der Waals surface area contributed by atoms with Gasteiger partial charge in [-0.15, -0.1) is 11.8 Å². The van der Waals surface area contributed by atoms with Crippen LogP contribution in [0.3, 0.4) is 0 Å². The number of hydrogen-bond donors (Lipinski definition) is 0. The Morgan fingerprint density at radius 2 is 2.42 bits per heavy atom. The van der Waals surface area contributed by atoms with E-state index < -0.39 is 0 Å². The molecule has 0 amide bonds. The number of pyridine rings is 1. The zero-order chi connectivity index (χ0) is 8.97. The number of halogens is 1. The van der Waals surface area contributed by atoms with Gasteiger partial charge in [0.15, 0.2) is 0 Å². The van der Waals surface area contributed by atoms with E-state index in [0.29, 0.717) is 0 Å². The molecule has 64 valence electrons. The summed E-state index contributed by atoms with van der Waals surface area (Å²) in [5.74, 6) is 0. The van der Waals surface area contributed by atoms with Gasteiger partial charge < -0.3 is 0 Å². The molecule has 0 aliphatic heterocycles. The molecule has 0 bridgehead atoms.